The number of hydrogen-bond acceptors (Lipinski definition) is 7. The van der Waals surface area contributed by atoms with E-state index >= 15 is 0 Å². The van der Waals surface area contributed by atoms with Crippen LogP contribution in [0.5, 0.6) is 5.75 Å². The van der Waals surface area contributed by atoms with E-state index in [0.29, 0.717) is 27.6 Å². The second kappa shape index (κ2) is 7.99. The zero-order valence-corrected chi connectivity index (χ0v) is 17.5. The minimum Gasteiger partial charge on any atom is -0.497 e. The zero-order valence-electron chi connectivity index (χ0n) is 16.8. The second-order valence-corrected chi connectivity index (χ2v) is 7.97. The number of ether oxygens (including phenoxy) is 1. The van der Waals surface area contributed by atoms with Crippen LogP contribution in [-0.4, -0.2) is 30.5 Å². The molecule has 8 heteroatoms. The molecule has 0 bridgehead atoms. The van der Waals surface area contributed by atoms with Crippen LogP contribution in [0.1, 0.15) is 48.0 Å². The summed E-state index contributed by atoms with van der Waals surface area (Å²) in [7, 11) is 1.57. The first-order chi connectivity index (χ1) is 14.4. The minimum absolute atomic E-state index is 0.165. The Labute approximate surface area is 180 Å². The SMILES string of the molecule is COc1ccc(N2C(N)=NC(N)=NC23CCCCC3)c(C(=O)c2ccc(Cl)cc2)c1. The lowest BCUT2D eigenvalue weighted by Gasteiger charge is -2.46. The Bertz CT molecular complexity index is 1030. The molecular weight excluding hydrogens is 402 g/mol. The maximum absolute atomic E-state index is 13.5. The smallest absolute Gasteiger partial charge is 0.220 e. The Hall–Kier alpha value is -3.06. The van der Waals surface area contributed by atoms with Gasteiger partial charge in [0, 0.05) is 10.6 Å². The molecule has 30 heavy (non-hydrogen) atoms. The summed E-state index contributed by atoms with van der Waals surface area (Å²) in [6, 6.07) is 12.1. The summed E-state index contributed by atoms with van der Waals surface area (Å²) >= 11 is 5.99. The number of methoxy groups -OCH3 is 1. The lowest BCUT2D eigenvalue weighted by Crippen LogP contribution is -2.58. The summed E-state index contributed by atoms with van der Waals surface area (Å²) in [5.41, 5.74) is 13.3. The molecule has 4 rings (SSSR count). The van der Waals surface area contributed by atoms with E-state index in [2.05, 4.69) is 4.99 Å². The number of rotatable bonds is 4. The molecule has 2 aliphatic rings. The Kier molecular flexibility index (Phi) is 5.39. The molecule has 1 aliphatic carbocycles. The van der Waals surface area contributed by atoms with Crippen LogP contribution in [0.15, 0.2) is 52.4 Å². The first-order valence-corrected chi connectivity index (χ1v) is 10.3. The van der Waals surface area contributed by atoms with E-state index in [1.807, 2.05) is 11.0 Å². The molecule has 156 valence electrons. The maximum atomic E-state index is 13.5. The minimum atomic E-state index is -0.641. The van der Waals surface area contributed by atoms with Crippen molar-refractivity contribution in [2.75, 3.05) is 12.0 Å². The number of carbonyl (C=O) groups is 1. The molecule has 4 N–H and O–H groups in total. The Morgan fingerprint density at radius 3 is 2.47 bits per heavy atom. The summed E-state index contributed by atoms with van der Waals surface area (Å²) in [6.07, 6.45) is 4.69. The van der Waals surface area contributed by atoms with Gasteiger partial charge in [0.15, 0.2) is 5.78 Å². The van der Waals surface area contributed by atoms with Crippen LogP contribution in [-0.2, 0) is 0 Å². The first kappa shape index (κ1) is 20.2. The van der Waals surface area contributed by atoms with Gasteiger partial charge in [-0.1, -0.05) is 18.0 Å². The van der Waals surface area contributed by atoms with Crippen LogP contribution < -0.4 is 21.1 Å². The predicted octanol–water partition coefficient (Wildman–Crippen LogP) is 3.69. The second-order valence-electron chi connectivity index (χ2n) is 7.54. The van der Waals surface area contributed by atoms with Gasteiger partial charge < -0.3 is 16.2 Å². The first-order valence-electron chi connectivity index (χ1n) is 9.91. The van der Waals surface area contributed by atoms with Gasteiger partial charge in [0.25, 0.3) is 0 Å². The van der Waals surface area contributed by atoms with E-state index in [-0.39, 0.29) is 17.7 Å². The van der Waals surface area contributed by atoms with Crippen LogP contribution in [0, 0.1) is 0 Å². The number of nitrogens with two attached hydrogens (primary N) is 2. The van der Waals surface area contributed by atoms with E-state index in [0.717, 1.165) is 32.1 Å². The van der Waals surface area contributed by atoms with Gasteiger partial charge in [0.05, 0.1) is 18.4 Å². The molecule has 0 radical (unpaired) electrons. The summed E-state index contributed by atoms with van der Waals surface area (Å²) < 4.78 is 5.38. The van der Waals surface area contributed by atoms with Crippen LogP contribution in [0.2, 0.25) is 5.02 Å². The molecule has 0 amide bonds. The van der Waals surface area contributed by atoms with Crippen LogP contribution in [0.25, 0.3) is 0 Å². The molecule has 1 spiro atoms. The number of halogens is 1. The summed E-state index contributed by atoms with van der Waals surface area (Å²) in [4.78, 5) is 24.2. The van der Waals surface area contributed by atoms with Gasteiger partial charge in [0.2, 0.25) is 11.9 Å². The number of anilines is 1. The molecule has 0 aromatic heterocycles. The van der Waals surface area contributed by atoms with Crippen molar-refractivity contribution in [2.24, 2.45) is 21.5 Å². The molecule has 7 nitrogen and oxygen atoms in total. The van der Waals surface area contributed by atoms with Gasteiger partial charge in [-0.3, -0.25) is 9.69 Å². The maximum Gasteiger partial charge on any atom is 0.220 e. The van der Waals surface area contributed by atoms with Crippen molar-refractivity contribution in [1.82, 2.24) is 0 Å². The third-order valence-electron chi connectivity index (χ3n) is 5.65. The van der Waals surface area contributed by atoms with Crippen molar-refractivity contribution in [3.05, 3.63) is 58.6 Å². The van der Waals surface area contributed by atoms with E-state index < -0.39 is 5.66 Å². The lowest BCUT2D eigenvalue weighted by atomic mass is 9.86. The molecule has 0 unspecified atom stereocenters. The van der Waals surface area contributed by atoms with E-state index in [9.17, 15) is 4.79 Å². The highest BCUT2D eigenvalue weighted by molar-refractivity contribution is 6.30. The van der Waals surface area contributed by atoms with Gasteiger partial charge in [-0.2, -0.15) is 4.99 Å². The monoisotopic (exact) mass is 425 g/mol. The molecular formula is C22H24ClN5O2. The summed E-state index contributed by atoms with van der Waals surface area (Å²) in [6.45, 7) is 0. The number of aliphatic imine (C=N–C) groups is 2. The van der Waals surface area contributed by atoms with Crippen LogP contribution >= 0.6 is 11.6 Å². The van der Waals surface area contributed by atoms with E-state index in [1.165, 1.54) is 0 Å². The fourth-order valence-electron chi connectivity index (χ4n) is 4.25. The number of ketones is 1. The van der Waals surface area contributed by atoms with Gasteiger partial charge in [0.1, 0.15) is 11.4 Å². The Balaban J connectivity index is 1.86. The molecule has 1 heterocycles. The fourth-order valence-corrected chi connectivity index (χ4v) is 4.37. The Morgan fingerprint density at radius 2 is 1.80 bits per heavy atom. The molecule has 2 aromatic carbocycles. The van der Waals surface area contributed by atoms with Gasteiger partial charge in [-0.25, -0.2) is 4.99 Å². The molecule has 2 aromatic rings. The van der Waals surface area contributed by atoms with Crippen molar-refractivity contribution in [1.29, 1.82) is 0 Å². The number of benzene rings is 2. The highest BCUT2D eigenvalue weighted by Gasteiger charge is 2.43. The topological polar surface area (TPSA) is 106 Å². The third-order valence-corrected chi connectivity index (χ3v) is 5.90. The third kappa shape index (κ3) is 3.61. The number of carbonyl (C=O) groups excluding carboxylic acids is 1. The van der Waals surface area contributed by atoms with Gasteiger partial charge in [-0.05, 0) is 68.1 Å². The standard InChI is InChI=1S/C22H24ClN5O2/c1-30-16-9-10-18(17(13-16)19(29)14-5-7-15(23)8-6-14)28-21(25)26-20(24)27-22(28)11-3-2-4-12-22/h5-10,13H,2-4,11-12H2,1H3,(H4,24,25,26,27). The highest BCUT2D eigenvalue weighted by Crippen LogP contribution is 2.41. The van der Waals surface area contributed by atoms with E-state index in [1.54, 1.807) is 43.5 Å². The van der Waals surface area contributed by atoms with Crippen molar-refractivity contribution in [3.8, 4) is 5.75 Å². The average Bonchev–Trinajstić information content (AvgIpc) is 2.74. The lowest BCUT2D eigenvalue weighted by molar-refractivity contribution is 0.103. The fraction of sp³-hybridized carbons (Fsp3) is 0.318. The number of hydrogen-bond donors (Lipinski definition) is 2. The highest BCUT2D eigenvalue weighted by atomic mass is 35.5. The average molecular weight is 426 g/mol. The number of guanidine groups is 2. The molecule has 1 fully saturated rings. The number of nitrogens with zero attached hydrogens (tertiary/aromatic N) is 3. The van der Waals surface area contributed by atoms with Gasteiger partial charge >= 0.3 is 0 Å². The van der Waals surface area contributed by atoms with Crippen molar-refractivity contribution in [2.45, 2.75) is 37.8 Å². The molecule has 0 saturated heterocycles. The summed E-state index contributed by atoms with van der Waals surface area (Å²) in [5, 5.41) is 0.566. The zero-order chi connectivity index (χ0) is 21.3. The quantitative estimate of drug-likeness (QED) is 0.726. The van der Waals surface area contributed by atoms with Crippen molar-refractivity contribution >= 4 is 35.0 Å². The van der Waals surface area contributed by atoms with Crippen molar-refractivity contribution < 1.29 is 9.53 Å². The van der Waals surface area contributed by atoms with Crippen molar-refractivity contribution in [3.63, 3.8) is 0 Å². The Morgan fingerprint density at radius 1 is 1.10 bits per heavy atom. The largest absolute Gasteiger partial charge is 0.497 e. The van der Waals surface area contributed by atoms with Gasteiger partial charge in [-0.15, -0.1) is 0 Å². The molecule has 0 atom stereocenters. The normalized spacial score (nSPS) is 18.0. The van der Waals surface area contributed by atoms with E-state index in [4.69, 9.17) is 32.8 Å². The van der Waals surface area contributed by atoms with Crippen LogP contribution in [0.4, 0.5) is 5.69 Å². The molecule has 1 aliphatic heterocycles. The molecule has 1 saturated carbocycles. The van der Waals surface area contributed by atoms with Crippen LogP contribution in [0.3, 0.4) is 0 Å². The predicted molar refractivity (Wildman–Crippen MR) is 119 cm³/mol. The summed E-state index contributed by atoms with van der Waals surface area (Å²) in [5.74, 6) is 0.815.